The van der Waals surface area contributed by atoms with E-state index < -0.39 is 27.7 Å². The normalized spacial score (nSPS) is 29.5. The Labute approximate surface area is 143 Å². The smallest absolute Gasteiger partial charge is 0.312 e. The Bertz CT molecular complexity index is 569. The molecule has 9 heteroatoms. The molecular formula is C15H26N2O6S. The number of ether oxygens (including phenoxy) is 2. The zero-order valence-electron chi connectivity index (χ0n) is 14.4. The first-order chi connectivity index (χ1) is 11.2. The fourth-order valence-corrected chi connectivity index (χ4v) is 4.99. The van der Waals surface area contributed by atoms with Gasteiger partial charge in [0.05, 0.1) is 30.3 Å². The third-order valence-electron chi connectivity index (χ3n) is 4.34. The second-order valence-corrected chi connectivity index (χ2v) is 8.74. The van der Waals surface area contributed by atoms with Crippen molar-refractivity contribution < 1.29 is 27.5 Å². The maximum absolute atomic E-state index is 12.7. The van der Waals surface area contributed by atoms with Crippen LogP contribution >= 0.6 is 0 Å². The Morgan fingerprint density at radius 1 is 1.25 bits per heavy atom. The minimum atomic E-state index is -3.15. The summed E-state index contributed by atoms with van der Waals surface area (Å²) < 4.78 is 34.0. The molecule has 3 unspecified atom stereocenters. The lowest BCUT2D eigenvalue weighted by Gasteiger charge is -2.36. The molecule has 0 aromatic heterocycles. The van der Waals surface area contributed by atoms with Gasteiger partial charge in [-0.25, -0.2) is 8.42 Å². The van der Waals surface area contributed by atoms with E-state index in [4.69, 9.17) is 9.47 Å². The average molecular weight is 362 g/mol. The number of hydrogen-bond acceptors (Lipinski definition) is 6. The van der Waals surface area contributed by atoms with E-state index >= 15 is 0 Å². The molecule has 3 atom stereocenters. The number of carbonyl (C=O) groups excluding carboxylic acids is 2. The molecule has 2 saturated heterocycles. The molecule has 8 nitrogen and oxygen atoms in total. The fraction of sp³-hybridized carbons (Fsp3) is 0.867. The number of rotatable bonds is 4. The summed E-state index contributed by atoms with van der Waals surface area (Å²) in [6.07, 6.45) is 0.0932. The molecule has 2 amide bonds. The molecule has 0 radical (unpaired) electrons. The van der Waals surface area contributed by atoms with Gasteiger partial charge in [-0.2, -0.15) is 0 Å². The molecule has 2 fully saturated rings. The van der Waals surface area contributed by atoms with Crippen LogP contribution in [-0.4, -0.2) is 93.1 Å². The number of nitrogens with zero attached hydrogens (tertiary/aromatic N) is 2. The zero-order chi connectivity index (χ0) is 17.9. The lowest BCUT2D eigenvalue weighted by atomic mass is 10.2. The van der Waals surface area contributed by atoms with Crippen molar-refractivity contribution in [1.82, 2.24) is 9.80 Å². The first-order valence-electron chi connectivity index (χ1n) is 8.18. The number of amides is 2. The summed E-state index contributed by atoms with van der Waals surface area (Å²) in [5, 5.41) is 0. The van der Waals surface area contributed by atoms with E-state index in [-0.39, 0.29) is 36.9 Å². The number of methoxy groups -OCH3 is 1. The van der Waals surface area contributed by atoms with Crippen LogP contribution in [0.5, 0.6) is 0 Å². The number of morpholine rings is 1. The summed E-state index contributed by atoms with van der Waals surface area (Å²) in [6.45, 7) is 4.88. The van der Waals surface area contributed by atoms with Crippen molar-refractivity contribution in [3.63, 3.8) is 0 Å². The first-order valence-corrected chi connectivity index (χ1v) is 10.0. The Morgan fingerprint density at radius 3 is 2.38 bits per heavy atom. The van der Waals surface area contributed by atoms with Crippen molar-refractivity contribution in [3.05, 3.63) is 0 Å². The highest BCUT2D eigenvalue weighted by Crippen LogP contribution is 2.19. The summed E-state index contributed by atoms with van der Waals surface area (Å²) in [5.41, 5.74) is 0. The van der Waals surface area contributed by atoms with E-state index in [0.29, 0.717) is 19.5 Å². The molecule has 138 valence electrons. The Hall–Kier alpha value is -1.19. The molecule has 0 spiro atoms. The molecule has 24 heavy (non-hydrogen) atoms. The van der Waals surface area contributed by atoms with Gasteiger partial charge >= 0.3 is 11.8 Å². The SMILES string of the molecule is COCCN(C(=O)C(=O)N1CC(C)OC(C)C1)C1CCS(=O)(=O)C1. The minimum absolute atomic E-state index is 0.0498. The predicted molar refractivity (Wildman–Crippen MR) is 87.2 cm³/mol. The van der Waals surface area contributed by atoms with Crippen molar-refractivity contribution in [2.45, 2.75) is 38.5 Å². The van der Waals surface area contributed by atoms with Gasteiger partial charge in [-0.05, 0) is 20.3 Å². The maximum atomic E-state index is 12.7. The highest BCUT2D eigenvalue weighted by Gasteiger charge is 2.39. The number of carbonyl (C=O) groups is 2. The van der Waals surface area contributed by atoms with Crippen molar-refractivity contribution in [1.29, 1.82) is 0 Å². The summed E-state index contributed by atoms with van der Waals surface area (Å²) in [4.78, 5) is 28.2. The van der Waals surface area contributed by atoms with Gasteiger partial charge in [0.25, 0.3) is 0 Å². The largest absolute Gasteiger partial charge is 0.383 e. The van der Waals surface area contributed by atoms with Crippen LogP contribution in [0.3, 0.4) is 0 Å². The predicted octanol–water partition coefficient (Wildman–Crippen LogP) is -0.716. The molecule has 0 bridgehead atoms. The van der Waals surface area contributed by atoms with Crippen LogP contribution in [0.25, 0.3) is 0 Å². The van der Waals surface area contributed by atoms with Gasteiger partial charge in [-0.3, -0.25) is 9.59 Å². The average Bonchev–Trinajstić information content (AvgIpc) is 2.85. The Balaban J connectivity index is 2.10. The van der Waals surface area contributed by atoms with Crippen molar-refractivity contribution in [2.24, 2.45) is 0 Å². The summed E-state index contributed by atoms with van der Waals surface area (Å²) >= 11 is 0. The molecule has 2 heterocycles. The van der Waals surface area contributed by atoms with Crippen LogP contribution in [-0.2, 0) is 28.9 Å². The van der Waals surface area contributed by atoms with Crippen LogP contribution in [0.15, 0.2) is 0 Å². The van der Waals surface area contributed by atoms with Crippen LogP contribution < -0.4 is 0 Å². The lowest BCUT2D eigenvalue weighted by Crippen LogP contribution is -2.55. The van der Waals surface area contributed by atoms with Crippen LogP contribution in [0.2, 0.25) is 0 Å². The summed E-state index contributed by atoms with van der Waals surface area (Å²) in [5.74, 6) is -1.30. The van der Waals surface area contributed by atoms with E-state index in [0.717, 1.165) is 0 Å². The second-order valence-electron chi connectivity index (χ2n) is 6.52. The number of sulfone groups is 1. The van der Waals surface area contributed by atoms with E-state index in [1.165, 1.54) is 16.9 Å². The molecule has 0 saturated carbocycles. The molecule has 0 aliphatic carbocycles. The quantitative estimate of drug-likeness (QED) is 0.613. The topological polar surface area (TPSA) is 93.2 Å². The third-order valence-corrected chi connectivity index (χ3v) is 6.09. The summed E-state index contributed by atoms with van der Waals surface area (Å²) in [6, 6.07) is -0.461. The van der Waals surface area contributed by atoms with E-state index in [9.17, 15) is 18.0 Å². The van der Waals surface area contributed by atoms with Gasteiger partial charge in [0.2, 0.25) is 0 Å². The van der Waals surface area contributed by atoms with Crippen molar-refractivity contribution in [3.8, 4) is 0 Å². The highest BCUT2D eigenvalue weighted by atomic mass is 32.2. The van der Waals surface area contributed by atoms with E-state index in [1.807, 2.05) is 13.8 Å². The van der Waals surface area contributed by atoms with Crippen LogP contribution in [0, 0.1) is 0 Å². The monoisotopic (exact) mass is 362 g/mol. The third kappa shape index (κ3) is 4.67. The minimum Gasteiger partial charge on any atom is -0.383 e. The number of hydrogen-bond donors (Lipinski definition) is 0. The Kier molecular flexibility index (Phi) is 6.22. The van der Waals surface area contributed by atoms with Gasteiger partial charge in [0.15, 0.2) is 9.84 Å². The van der Waals surface area contributed by atoms with Crippen LogP contribution in [0.4, 0.5) is 0 Å². The standard InChI is InChI=1S/C15H26N2O6S/c1-11-8-16(9-12(2)23-11)14(18)15(19)17(5-6-22-3)13-4-7-24(20,21)10-13/h11-13H,4-10H2,1-3H3. The molecule has 2 rings (SSSR count). The molecule has 2 aliphatic heterocycles. The van der Waals surface area contributed by atoms with Gasteiger partial charge in [0, 0.05) is 32.8 Å². The van der Waals surface area contributed by atoms with Gasteiger partial charge < -0.3 is 19.3 Å². The van der Waals surface area contributed by atoms with E-state index in [1.54, 1.807) is 0 Å². The molecule has 2 aliphatic rings. The first kappa shape index (κ1) is 19.1. The van der Waals surface area contributed by atoms with Gasteiger partial charge in [0.1, 0.15) is 0 Å². The molecule has 0 aromatic rings. The van der Waals surface area contributed by atoms with Crippen LogP contribution in [0.1, 0.15) is 20.3 Å². The maximum Gasteiger partial charge on any atom is 0.312 e. The molecular weight excluding hydrogens is 336 g/mol. The molecule has 0 N–H and O–H groups in total. The van der Waals surface area contributed by atoms with E-state index in [2.05, 4.69) is 0 Å². The fourth-order valence-electron chi connectivity index (χ4n) is 3.26. The lowest BCUT2D eigenvalue weighted by molar-refractivity contribution is -0.159. The summed E-state index contributed by atoms with van der Waals surface area (Å²) in [7, 11) is -1.65. The van der Waals surface area contributed by atoms with Gasteiger partial charge in [-0.15, -0.1) is 0 Å². The zero-order valence-corrected chi connectivity index (χ0v) is 15.3. The highest BCUT2D eigenvalue weighted by molar-refractivity contribution is 7.91. The van der Waals surface area contributed by atoms with Gasteiger partial charge in [-0.1, -0.05) is 0 Å². The molecule has 0 aromatic carbocycles. The second kappa shape index (κ2) is 7.79. The van der Waals surface area contributed by atoms with Crippen molar-refractivity contribution >= 4 is 21.7 Å². The van der Waals surface area contributed by atoms with Crippen molar-refractivity contribution in [2.75, 3.05) is 44.9 Å². The Morgan fingerprint density at radius 2 is 1.88 bits per heavy atom.